The van der Waals surface area contributed by atoms with Gasteiger partial charge in [0.15, 0.2) is 0 Å². The second-order valence-electron chi connectivity index (χ2n) is 2.14. The third-order valence-corrected chi connectivity index (χ3v) is 2.07. The van der Waals surface area contributed by atoms with E-state index in [0.717, 1.165) is 11.8 Å². The fourth-order valence-electron chi connectivity index (χ4n) is 0.518. The second kappa shape index (κ2) is 6.70. The van der Waals surface area contributed by atoms with Crippen molar-refractivity contribution in [3.63, 3.8) is 0 Å². The summed E-state index contributed by atoms with van der Waals surface area (Å²) in [6, 6.07) is -0.795. The number of hydrogen-bond acceptors (Lipinski definition) is 6. The van der Waals surface area contributed by atoms with Gasteiger partial charge in [-0.2, -0.15) is 5.48 Å². The quantitative estimate of drug-likeness (QED) is 0.472. The Bertz CT molecular complexity index is 187. The molecule has 7 heteroatoms. The molecule has 0 aliphatic carbocycles. The number of nitrogens with one attached hydrogen (secondary N) is 1. The maximum absolute atomic E-state index is 10.8. The van der Waals surface area contributed by atoms with Gasteiger partial charge in [-0.15, -0.1) is 11.8 Å². The Hall–Kier alpha value is -0.790. The molecule has 13 heavy (non-hydrogen) atoms. The summed E-state index contributed by atoms with van der Waals surface area (Å²) in [5.74, 6) is -1.37. The minimum absolute atomic E-state index is 0.0689. The summed E-state index contributed by atoms with van der Waals surface area (Å²) < 4.78 is 0. The van der Waals surface area contributed by atoms with Crippen molar-refractivity contribution in [3.8, 4) is 0 Å². The van der Waals surface area contributed by atoms with Crippen LogP contribution in [0.5, 0.6) is 0 Å². The molecule has 4 N–H and O–H groups in total. The van der Waals surface area contributed by atoms with E-state index in [0.29, 0.717) is 0 Å². The predicted octanol–water partition coefficient (Wildman–Crippen LogP) is -1.19. The Morgan fingerprint density at radius 1 is 1.69 bits per heavy atom. The van der Waals surface area contributed by atoms with Crippen LogP contribution in [-0.4, -0.2) is 41.6 Å². The molecule has 0 unspecified atom stereocenters. The number of nitrogens with two attached hydrogens (primary N) is 1. The molecular formula is C6H12N2O4S. The van der Waals surface area contributed by atoms with Crippen LogP contribution in [0.3, 0.4) is 0 Å². The van der Waals surface area contributed by atoms with Crippen LogP contribution in [-0.2, 0) is 14.4 Å². The topological polar surface area (TPSA) is 102 Å². The fraction of sp³-hybridized carbons (Fsp3) is 0.667. The van der Waals surface area contributed by atoms with Crippen LogP contribution in [0.25, 0.3) is 0 Å². The number of thioether (sulfide) groups is 1. The predicted molar refractivity (Wildman–Crippen MR) is 48.1 cm³/mol. The fourth-order valence-corrected chi connectivity index (χ4v) is 1.20. The van der Waals surface area contributed by atoms with E-state index in [1.807, 2.05) is 0 Å². The highest BCUT2D eigenvalue weighted by Gasteiger charge is 2.15. The molecule has 1 atom stereocenters. The molecule has 0 bridgehead atoms. The first-order valence-corrected chi connectivity index (χ1v) is 4.66. The van der Waals surface area contributed by atoms with Crippen molar-refractivity contribution < 1.29 is 19.5 Å². The van der Waals surface area contributed by atoms with E-state index in [2.05, 4.69) is 10.3 Å². The van der Waals surface area contributed by atoms with E-state index in [9.17, 15) is 9.59 Å². The van der Waals surface area contributed by atoms with Crippen LogP contribution < -0.4 is 11.2 Å². The van der Waals surface area contributed by atoms with Crippen molar-refractivity contribution in [3.05, 3.63) is 0 Å². The van der Waals surface area contributed by atoms with Crippen LogP contribution in [0, 0.1) is 0 Å². The molecule has 0 aliphatic heterocycles. The molecule has 0 saturated heterocycles. The van der Waals surface area contributed by atoms with E-state index in [4.69, 9.17) is 10.8 Å². The standard InChI is InChI=1S/C6H12N2O4S/c1-8-12-6(11)4(7)2-13-3-5(9)10/h4,8H,2-3,7H2,1H3,(H,9,10)/t4-/m0/s1. The van der Waals surface area contributed by atoms with Crippen molar-refractivity contribution >= 4 is 23.7 Å². The minimum Gasteiger partial charge on any atom is -0.481 e. The van der Waals surface area contributed by atoms with Gasteiger partial charge in [-0.3, -0.25) is 4.79 Å². The maximum Gasteiger partial charge on any atom is 0.342 e. The van der Waals surface area contributed by atoms with Crippen LogP contribution in [0.2, 0.25) is 0 Å². The number of carbonyl (C=O) groups excluding carboxylic acids is 1. The zero-order valence-corrected chi connectivity index (χ0v) is 7.97. The van der Waals surface area contributed by atoms with Gasteiger partial charge in [0.2, 0.25) is 0 Å². The third-order valence-electron chi connectivity index (χ3n) is 1.03. The van der Waals surface area contributed by atoms with E-state index in [1.54, 1.807) is 0 Å². The Morgan fingerprint density at radius 3 is 2.77 bits per heavy atom. The number of rotatable bonds is 6. The van der Waals surface area contributed by atoms with Gasteiger partial charge in [0.1, 0.15) is 6.04 Å². The number of hydroxylamine groups is 1. The molecule has 0 aliphatic rings. The van der Waals surface area contributed by atoms with Gasteiger partial charge in [-0.25, -0.2) is 4.79 Å². The molecule has 0 amide bonds. The molecule has 0 saturated carbocycles. The average molecular weight is 208 g/mol. The summed E-state index contributed by atoms with van der Waals surface area (Å²) in [6.07, 6.45) is 0. The van der Waals surface area contributed by atoms with Gasteiger partial charge >= 0.3 is 11.9 Å². The molecule has 0 fully saturated rings. The van der Waals surface area contributed by atoms with Gasteiger partial charge in [-0.05, 0) is 0 Å². The zero-order valence-electron chi connectivity index (χ0n) is 7.15. The van der Waals surface area contributed by atoms with Gasteiger partial charge in [0, 0.05) is 12.8 Å². The Morgan fingerprint density at radius 2 is 2.31 bits per heavy atom. The molecule has 0 aromatic heterocycles. The SMILES string of the molecule is CNOC(=O)[C@@H](N)CSCC(=O)O. The molecule has 6 nitrogen and oxygen atoms in total. The number of hydrogen-bond donors (Lipinski definition) is 3. The third kappa shape index (κ3) is 6.38. The van der Waals surface area contributed by atoms with Gasteiger partial charge in [0.25, 0.3) is 0 Å². The first-order valence-electron chi connectivity index (χ1n) is 3.50. The summed E-state index contributed by atoms with van der Waals surface area (Å²) in [6.45, 7) is 0. The zero-order chi connectivity index (χ0) is 10.3. The van der Waals surface area contributed by atoms with Gasteiger partial charge < -0.3 is 15.7 Å². The minimum atomic E-state index is -0.931. The van der Waals surface area contributed by atoms with E-state index >= 15 is 0 Å². The maximum atomic E-state index is 10.8. The van der Waals surface area contributed by atoms with Gasteiger partial charge in [-0.1, -0.05) is 0 Å². The lowest BCUT2D eigenvalue weighted by molar-refractivity contribution is -0.150. The first-order chi connectivity index (χ1) is 6.07. The van der Waals surface area contributed by atoms with Crippen LogP contribution >= 0.6 is 11.8 Å². The van der Waals surface area contributed by atoms with Crippen molar-refractivity contribution in [1.82, 2.24) is 5.48 Å². The lowest BCUT2D eigenvalue weighted by Crippen LogP contribution is -2.37. The van der Waals surface area contributed by atoms with Crippen molar-refractivity contribution in [1.29, 1.82) is 0 Å². The molecule has 0 aromatic carbocycles. The van der Waals surface area contributed by atoms with Crippen molar-refractivity contribution in [2.75, 3.05) is 18.6 Å². The molecular weight excluding hydrogens is 196 g/mol. The van der Waals surface area contributed by atoms with Crippen LogP contribution in [0.1, 0.15) is 0 Å². The number of aliphatic carboxylic acids is 1. The Balaban J connectivity index is 3.55. The molecule has 0 spiro atoms. The average Bonchev–Trinajstić information content (AvgIpc) is 2.04. The largest absolute Gasteiger partial charge is 0.481 e. The summed E-state index contributed by atoms with van der Waals surface area (Å²) in [7, 11) is 1.44. The summed E-state index contributed by atoms with van der Waals surface area (Å²) >= 11 is 1.07. The second-order valence-corrected chi connectivity index (χ2v) is 3.17. The summed E-state index contributed by atoms with van der Waals surface area (Å²) in [4.78, 5) is 25.3. The molecule has 0 aromatic rings. The van der Waals surface area contributed by atoms with Crippen LogP contribution in [0.4, 0.5) is 0 Å². The number of carboxylic acid groups (broad SMARTS) is 1. The number of carboxylic acids is 1. The summed E-state index contributed by atoms with van der Waals surface area (Å²) in [5.41, 5.74) is 7.55. The lowest BCUT2D eigenvalue weighted by atomic mass is 10.4. The highest BCUT2D eigenvalue weighted by Crippen LogP contribution is 2.01. The highest BCUT2D eigenvalue weighted by molar-refractivity contribution is 8.00. The Kier molecular flexibility index (Phi) is 6.29. The van der Waals surface area contributed by atoms with E-state index < -0.39 is 18.0 Å². The van der Waals surface area contributed by atoms with E-state index in [1.165, 1.54) is 7.05 Å². The van der Waals surface area contributed by atoms with Crippen LogP contribution in [0.15, 0.2) is 0 Å². The lowest BCUT2D eigenvalue weighted by Gasteiger charge is -2.08. The Labute approximate surface area is 79.8 Å². The molecule has 76 valence electrons. The van der Waals surface area contributed by atoms with Gasteiger partial charge in [0.05, 0.1) is 5.75 Å². The molecule has 0 radical (unpaired) electrons. The first kappa shape index (κ1) is 12.2. The summed E-state index contributed by atoms with van der Waals surface area (Å²) in [5, 5.41) is 8.28. The highest BCUT2D eigenvalue weighted by atomic mass is 32.2. The normalized spacial score (nSPS) is 12.2. The van der Waals surface area contributed by atoms with Crippen molar-refractivity contribution in [2.24, 2.45) is 5.73 Å². The molecule has 0 rings (SSSR count). The molecule has 0 heterocycles. The number of carbonyl (C=O) groups is 2. The smallest absolute Gasteiger partial charge is 0.342 e. The van der Waals surface area contributed by atoms with E-state index in [-0.39, 0.29) is 11.5 Å². The monoisotopic (exact) mass is 208 g/mol. The van der Waals surface area contributed by atoms with Crippen molar-refractivity contribution in [2.45, 2.75) is 6.04 Å².